The Hall–Kier alpha value is -2.08. The number of rotatable bonds is 10. The van der Waals surface area contributed by atoms with Gasteiger partial charge < -0.3 is 0 Å². The van der Waals surface area contributed by atoms with Gasteiger partial charge in [0.2, 0.25) is 0 Å². The molecule has 0 heteroatoms. The van der Waals surface area contributed by atoms with Crippen molar-refractivity contribution in [3.63, 3.8) is 0 Å². The molecule has 0 saturated heterocycles. The third-order valence-electron chi connectivity index (χ3n) is 8.18. The second-order valence-electron chi connectivity index (χ2n) is 11.1. The average molecular weight is 427 g/mol. The van der Waals surface area contributed by atoms with Gasteiger partial charge in [0, 0.05) is 16.7 Å². The van der Waals surface area contributed by atoms with Crippen LogP contribution in [-0.4, -0.2) is 0 Å². The molecule has 0 heterocycles. The second kappa shape index (κ2) is 9.42. The molecule has 0 spiro atoms. The van der Waals surface area contributed by atoms with Crippen LogP contribution in [0.3, 0.4) is 0 Å². The lowest BCUT2D eigenvalue weighted by Gasteiger charge is -2.37. The summed E-state index contributed by atoms with van der Waals surface area (Å²) in [6.07, 6.45) is 15.9. The molecule has 0 fully saturated rings. The van der Waals surface area contributed by atoms with E-state index in [4.69, 9.17) is 0 Å². The summed E-state index contributed by atoms with van der Waals surface area (Å²) in [7, 11) is 0. The lowest BCUT2D eigenvalue weighted by atomic mass is 9.67. The molecule has 2 aliphatic rings. The Labute approximate surface area is 196 Å². The fraction of sp³-hybridized carbons (Fsp3) is 0.500. The van der Waals surface area contributed by atoms with Gasteiger partial charge in [0.1, 0.15) is 0 Å². The van der Waals surface area contributed by atoms with Crippen LogP contribution in [0.15, 0.2) is 59.7 Å². The summed E-state index contributed by atoms with van der Waals surface area (Å²) >= 11 is 0. The molecule has 0 bridgehead atoms. The Bertz CT molecular complexity index is 925. The summed E-state index contributed by atoms with van der Waals surface area (Å²) in [4.78, 5) is 0. The summed E-state index contributed by atoms with van der Waals surface area (Å²) in [5, 5.41) is 0. The quantitative estimate of drug-likeness (QED) is 0.332. The van der Waals surface area contributed by atoms with Gasteiger partial charge in [-0.15, -0.1) is 0 Å². The predicted molar refractivity (Wildman–Crippen MR) is 141 cm³/mol. The molecule has 0 amide bonds. The highest BCUT2D eigenvalue weighted by Crippen LogP contribution is 2.53. The average Bonchev–Trinajstić information content (AvgIpc) is 3.20. The Morgan fingerprint density at radius 2 is 1.03 bits per heavy atom. The molecule has 0 nitrogen and oxygen atoms in total. The zero-order chi connectivity index (χ0) is 22.8. The van der Waals surface area contributed by atoms with Crippen LogP contribution in [0.5, 0.6) is 0 Å². The van der Waals surface area contributed by atoms with Crippen molar-refractivity contribution in [3.8, 4) is 0 Å². The van der Waals surface area contributed by atoms with E-state index in [1.807, 2.05) is 0 Å². The summed E-state index contributed by atoms with van der Waals surface area (Å²) in [6, 6.07) is 18.1. The third kappa shape index (κ3) is 4.26. The first-order valence-corrected chi connectivity index (χ1v) is 13.0. The van der Waals surface area contributed by atoms with Crippen molar-refractivity contribution in [1.82, 2.24) is 0 Å². The van der Waals surface area contributed by atoms with E-state index < -0.39 is 0 Å². The van der Waals surface area contributed by atoms with Crippen molar-refractivity contribution < 1.29 is 0 Å². The van der Waals surface area contributed by atoms with E-state index in [9.17, 15) is 0 Å². The first-order valence-electron chi connectivity index (χ1n) is 13.0. The molecule has 0 N–H and O–H groups in total. The standard InChI is InChI=1S/C32H42/c1-6-7-8-9-10-11-12-19-26(29-22-24-17-13-15-20-27(24)31(29,2)3)30-23-25-18-14-16-21-28(25)32(30,4)5/h13-18,20-23,26H,6-12,19H2,1-5H3. The molecule has 2 aliphatic carbocycles. The second-order valence-corrected chi connectivity index (χ2v) is 11.1. The van der Waals surface area contributed by atoms with Crippen LogP contribution in [-0.2, 0) is 10.8 Å². The molecule has 2 aromatic rings. The van der Waals surface area contributed by atoms with Crippen LogP contribution >= 0.6 is 0 Å². The van der Waals surface area contributed by atoms with Gasteiger partial charge in [-0.1, -0.05) is 151 Å². The number of allylic oxidation sites excluding steroid dienone is 2. The van der Waals surface area contributed by atoms with E-state index in [0.717, 1.165) is 0 Å². The van der Waals surface area contributed by atoms with Crippen molar-refractivity contribution in [2.45, 2.75) is 96.8 Å². The smallest absolute Gasteiger partial charge is 0.0120 e. The van der Waals surface area contributed by atoms with Crippen molar-refractivity contribution in [1.29, 1.82) is 0 Å². The van der Waals surface area contributed by atoms with E-state index in [-0.39, 0.29) is 10.8 Å². The van der Waals surface area contributed by atoms with Gasteiger partial charge in [-0.05, 0) is 28.7 Å². The lowest BCUT2D eigenvalue weighted by molar-refractivity contribution is 0.449. The molecule has 170 valence electrons. The maximum atomic E-state index is 2.53. The monoisotopic (exact) mass is 426 g/mol. The van der Waals surface area contributed by atoms with E-state index in [2.05, 4.69) is 95.3 Å². The molecule has 0 unspecified atom stereocenters. The predicted octanol–water partition coefficient (Wildman–Crippen LogP) is 9.49. The van der Waals surface area contributed by atoms with Crippen molar-refractivity contribution in [2.75, 3.05) is 0 Å². The minimum Gasteiger partial charge on any atom is -0.0654 e. The number of benzene rings is 2. The number of hydrogen-bond acceptors (Lipinski definition) is 0. The Morgan fingerprint density at radius 1 is 0.594 bits per heavy atom. The van der Waals surface area contributed by atoms with Crippen LogP contribution < -0.4 is 0 Å². The maximum Gasteiger partial charge on any atom is 0.0120 e. The SMILES string of the molecule is CCCCCCCCCC(C1=Cc2ccccc2C1(C)C)C1=Cc2ccccc2C1(C)C. The van der Waals surface area contributed by atoms with Crippen LogP contribution in [0.25, 0.3) is 12.2 Å². The molecular weight excluding hydrogens is 384 g/mol. The number of fused-ring (bicyclic) bond motifs is 2. The van der Waals surface area contributed by atoms with Crippen molar-refractivity contribution in [3.05, 3.63) is 81.9 Å². The minimum absolute atomic E-state index is 0.0913. The van der Waals surface area contributed by atoms with Gasteiger partial charge in [-0.3, -0.25) is 0 Å². The van der Waals surface area contributed by atoms with Gasteiger partial charge in [0.05, 0.1) is 0 Å². The van der Waals surface area contributed by atoms with Gasteiger partial charge in [-0.2, -0.15) is 0 Å². The highest BCUT2D eigenvalue weighted by molar-refractivity contribution is 5.75. The summed E-state index contributed by atoms with van der Waals surface area (Å²) in [5.74, 6) is 0.510. The number of hydrogen-bond donors (Lipinski definition) is 0. The Morgan fingerprint density at radius 3 is 1.50 bits per heavy atom. The molecular formula is C32H42. The molecule has 0 radical (unpaired) electrons. The maximum absolute atomic E-state index is 2.53. The van der Waals surface area contributed by atoms with E-state index in [0.29, 0.717) is 5.92 Å². The van der Waals surface area contributed by atoms with Gasteiger partial charge >= 0.3 is 0 Å². The molecule has 32 heavy (non-hydrogen) atoms. The van der Waals surface area contributed by atoms with Gasteiger partial charge in [-0.25, -0.2) is 0 Å². The topological polar surface area (TPSA) is 0 Å². The largest absolute Gasteiger partial charge is 0.0654 e. The Balaban J connectivity index is 1.61. The Kier molecular flexibility index (Phi) is 6.80. The zero-order valence-electron chi connectivity index (χ0n) is 21.0. The van der Waals surface area contributed by atoms with Crippen LogP contribution in [0.2, 0.25) is 0 Å². The van der Waals surface area contributed by atoms with E-state index >= 15 is 0 Å². The van der Waals surface area contributed by atoms with E-state index in [1.165, 1.54) is 73.6 Å². The van der Waals surface area contributed by atoms with Gasteiger partial charge in [0.15, 0.2) is 0 Å². The summed E-state index contributed by atoms with van der Waals surface area (Å²) < 4.78 is 0. The van der Waals surface area contributed by atoms with Gasteiger partial charge in [0.25, 0.3) is 0 Å². The van der Waals surface area contributed by atoms with Crippen LogP contribution in [0.4, 0.5) is 0 Å². The van der Waals surface area contributed by atoms with E-state index in [1.54, 1.807) is 11.1 Å². The first kappa shape index (κ1) is 23.1. The normalized spacial score (nSPS) is 17.8. The number of unbranched alkanes of at least 4 members (excludes halogenated alkanes) is 6. The summed E-state index contributed by atoms with van der Waals surface area (Å²) in [5.41, 5.74) is 9.26. The highest BCUT2D eigenvalue weighted by Gasteiger charge is 2.43. The summed E-state index contributed by atoms with van der Waals surface area (Å²) in [6.45, 7) is 12.1. The van der Waals surface area contributed by atoms with Crippen LogP contribution in [0.1, 0.15) is 108 Å². The lowest BCUT2D eigenvalue weighted by Crippen LogP contribution is -2.29. The zero-order valence-corrected chi connectivity index (χ0v) is 21.0. The fourth-order valence-corrected chi connectivity index (χ4v) is 6.25. The first-order chi connectivity index (χ1) is 15.4. The molecule has 2 aromatic carbocycles. The fourth-order valence-electron chi connectivity index (χ4n) is 6.25. The molecule has 0 aromatic heterocycles. The molecule has 0 aliphatic heterocycles. The molecule has 4 rings (SSSR count). The van der Waals surface area contributed by atoms with Crippen molar-refractivity contribution >= 4 is 12.2 Å². The van der Waals surface area contributed by atoms with Crippen LogP contribution in [0, 0.1) is 5.92 Å². The highest BCUT2D eigenvalue weighted by atomic mass is 14.5. The third-order valence-corrected chi connectivity index (χ3v) is 8.18. The van der Waals surface area contributed by atoms with Crippen molar-refractivity contribution in [2.24, 2.45) is 5.92 Å². The minimum atomic E-state index is 0.0913. The molecule has 0 atom stereocenters. The molecule has 0 saturated carbocycles.